The average molecular weight is 230 g/mol. The maximum absolute atomic E-state index is 12.1. The highest BCUT2D eigenvalue weighted by Crippen LogP contribution is 2.31. The fourth-order valence-electron chi connectivity index (χ4n) is 2.58. The van der Waals surface area contributed by atoms with Gasteiger partial charge in [0, 0.05) is 18.8 Å². The third-order valence-corrected chi connectivity index (χ3v) is 3.94. The summed E-state index contributed by atoms with van der Waals surface area (Å²) in [7, 11) is 0. The van der Waals surface area contributed by atoms with Gasteiger partial charge in [0.15, 0.2) is 0 Å². The quantitative estimate of drug-likeness (QED) is 0.835. The topological polar surface area (TPSA) is 41.1 Å². The number of carbonyl (C=O) groups is 1. The van der Waals surface area contributed by atoms with Crippen molar-refractivity contribution in [3.63, 3.8) is 0 Å². The van der Waals surface area contributed by atoms with Gasteiger partial charge in [-0.15, -0.1) is 0 Å². The Labute approximate surface area is 102 Å². The zero-order valence-corrected chi connectivity index (χ0v) is 9.91. The fraction of sp³-hybridized carbons (Fsp3) is 0.500. The molecule has 3 nitrogen and oxygen atoms in total. The minimum Gasteiger partial charge on any atom is -0.384 e. The van der Waals surface area contributed by atoms with Gasteiger partial charge in [-0.2, -0.15) is 0 Å². The number of hydrogen-bond acceptors (Lipinski definition) is 2. The first-order chi connectivity index (χ1) is 8.34. The molecule has 0 radical (unpaired) electrons. The zero-order chi connectivity index (χ0) is 11.7. The molecule has 0 aromatic heterocycles. The van der Waals surface area contributed by atoms with Crippen molar-refractivity contribution in [1.82, 2.24) is 5.32 Å². The van der Waals surface area contributed by atoms with Crippen molar-refractivity contribution in [2.24, 2.45) is 5.92 Å². The first-order valence-electron chi connectivity index (χ1n) is 6.45. The maximum Gasteiger partial charge on any atom is 0.229 e. The average Bonchev–Trinajstić information content (AvgIpc) is 2.70. The fourth-order valence-corrected chi connectivity index (χ4v) is 2.58. The highest BCUT2D eigenvalue weighted by molar-refractivity contribution is 5.88. The SMILES string of the molecule is O=C(NCC1CCC1)C1CNc2ccccc21. The van der Waals surface area contributed by atoms with E-state index in [9.17, 15) is 4.79 Å². The Hall–Kier alpha value is -1.51. The Balaban J connectivity index is 1.63. The van der Waals surface area contributed by atoms with Gasteiger partial charge >= 0.3 is 0 Å². The number of nitrogens with one attached hydrogen (secondary N) is 2. The maximum atomic E-state index is 12.1. The van der Waals surface area contributed by atoms with Crippen LogP contribution in [0.2, 0.25) is 0 Å². The van der Waals surface area contributed by atoms with Crippen molar-refractivity contribution in [3.05, 3.63) is 29.8 Å². The van der Waals surface area contributed by atoms with E-state index < -0.39 is 0 Å². The van der Waals surface area contributed by atoms with Crippen LogP contribution in [0.5, 0.6) is 0 Å². The molecule has 1 aromatic rings. The third kappa shape index (κ3) is 2.02. The van der Waals surface area contributed by atoms with E-state index in [2.05, 4.69) is 10.6 Å². The van der Waals surface area contributed by atoms with Gasteiger partial charge in [0.05, 0.1) is 5.92 Å². The summed E-state index contributed by atoms with van der Waals surface area (Å²) < 4.78 is 0. The van der Waals surface area contributed by atoms with Gasteiger partial charge in [-0.25, -0.2) is 0 Å². The van der Waals surface area contributed by atoms with Gasteiger partial charge in [-0.3, -0.25) is 4.79 Å². The normalized spacial score (nSPS) is 22.5. The Kier molecular flexibility index (Phi) is 2.75. The van der Waals surface area contributed by atoms with E-state index in [0.29, 0.717) is 0 Å². The first kappa shape index (κ1) is 10.6. The van der Waals surface area contributed by atoms with E-state index in [1.807, 2.05) is 24.3 Å². The molecule has 1 saturated carbocycles. The lowest BCUT2D eigenvalue weighted by atomic mass is 9.85. The molecule has 1 heterocycles. The van der Waals surface area contributed by atoms with Gasteiger partial charge in [0.1, 0.15) is 0 Å². The smallest absolute Gasteiger partial charge is 0.229 e. The van der Waals surface area contributed by atoms with Gasteiger partial charge in [-0.1, -0.05) is 24.6 Å². The molecule has 1 amide bonds. The molecule has 3 rings (SSSR count). The molecule has 3 heteroatoms. The Morgan fingerprint density at radius 3 is 2.94 bits per heavy atom. The van der Waals surface area contributed by atoms with Crippen LogP contribution in [0.3, 0.4) is 0 Å². The summed E-state index contributed by atoms with van der Waals surface area (Å²) in [5.41, 5.74) is 2.25. The molecular weight excluding hydrogens is 212 g/mol. The molecule has 1 fully saturated rings. The van der Waals surface area contributed by atoms with Crippen molar-refractivity contribution in [1.29, 1.82) is 0 Å². The number of fused-ring (bicyclic) bond motifs is 1. The number of hydrogen-bond donors (Lipinski definition) is 2. The van der Waals surface area contributed by atoms with E-state index in [1.165, 1.54) is 19.3 Å². The summed E-state index contributed by atoms with van der Waals surface area (Å²) in [6.45, 7) is 1.59. The largest absolute Gasteiger partial charge is 0.384 e. The predicted molar refractivity (Wildman–Crippen MR) is 68.0 cm³/mol. The Morgan fingerprint density at radius 2 is 2.18 bits per heavy atom. The molecular formula is C14H18N2O. The minimum absolute atomic E-state index is 0.00808. The van der Waals surface area contributed by atoms with Crippen LogP contribution >= 0.6 is 0 Å². The van der Waals surface area contributed by atoms with Gasteiger partial charge in [0.2, 0.25) is 5.91 Å². The number of rotatable bonds is 3. The molecule has 1 aliphatic carbocycles. The lowest BCUT2D eigenvalue weighted by Crippen LogP contribution is -2.36. The predicted octanol–water partition coefficient (Wildman–Crippen LogP) is 2.11. The summed E-state index contributed by atoms with van der Waals surface area (Å²) in [6, 6.07) is 8.08. The molecule has 0 bridgehead atoms. The number of carbonyl (C=O) groups excluding carboxylic acids is 1. The molecule has 0 spiro atoms. The van der Waals surface area contributed by atoms with Crippen LogP contribution in [-0.2, 0) is 4.79 Å². The number of benzene rings is 1. The lowest BCUT2D eigenvalue weighted by molar-refractivity contribution is -0.122. The molecule has 90 valence electrons. The molecule has 1 aliphatic heterocycles. The van der Waals surface area contributed by atoms with Crippen molar-refractivity contribution >= 4 is 11.6 Å². The Bertz CT molecular complexity index is 426. The Morgan fingerprint density at radius 1 is 1.35 bits per heavy atom. The second kappa shape index (κ2) is 4.40. The van der Waals surface area contributed by atoms with Crippen LogP contribution in [0.25, 0.3) is 0 Å². The molecule has 0 saturated heterocycles. The summed E-state index contributed by atoms with van der Waals surface area (Å²) in [5.74, 6) is 0.893. The number of anilines is 1. The van der Waals surface area contributed by atoms with Gasteiger partial charge in [0.25, 0.3) is 0 Å². The summed E-state index contributed by atoms with van der Waals surface area (Å²) >= 11 is 0. The van der Waals surface area contributed by atoms with Crippen LogP contribution in [-0.4, -0.2) is 19.0 Å². The van der Waals surface area contributed by atoms with Crippen molar-refractivity contribution in [3.8, 4) is 0 Å². The summed E-state index contributed by atoms with van der Waals surface area (Å²) in [5, 5.41) is 6.37. The van der Waals surface area contributed by atoms with Crippen LogP contribution < -0.4 is 10.6 Å². The molecule has 17 heavy (non-hydrogen) atoms. The standard InChI is InChI=1S/C14H18N2O/c17-14(16-8-10-4-3-5-10)12-9-15-13-7-2-1-6-11(12)13/h1-2,6-7,10,12,15H,3-5,8-9H2,(H,16,17). The van der Waals surface area contributed by atoms with Gasteiger partial charge in [-0.05, 0) is 30.4 Å². The highest BCUT2D eigenvalue weighted by atomic mass is 16.1. The van der Waals surface area contributed by atoms with E-state index in [-0.39, 0.29) is 11.8 Å². The summed E-state index contributed by atoms with van der Waals surface area (Å²) in [6.07, 6.45) is 3.88. The second-order valence-corrected chi connectivity index (χ2v) is 5.06. The second-order valence-electron chi connectivity index (χ2n) is 5.06. The monoisotopic (exact) mass is 230 g/mol. The minimum atomic E-state index is -0.00808. The van der Waals surface area contributed by atoms with Crippen molar-refractivity contribution in [2.45, 2.75) is 25.2 Å². The van der Waals surface area contributed by atoms with Crippen molar-refractivity contribution < 1.29 is 4.79 Å². The third-order valence-electron chi connectivity index (χ3n) is 3.94. The zero-order valence-electron chi connectivity index (χ0n) is 9.91. The van der Waals surface area contributed by atoms with E-state index >= 15 is 0 Å². The van der Waals surface area contributed by atoms with E-state index in [0.717, 1.165) is 30.3 Å². The van der Waals surface area contributed by atoms with Crippen LogP contribution in [0.1, 0.15) is 30.7 Å². The lowest BCUT2D eigenvalue weighted by Gasteiger charge is -2.26. The number of amides is 1. The van der Waals surface area contributed by atoms with E-state index in [1.54, 1.807) is 0 Å². The van der Waals surface area contributed by atoms with Crippen LogP contribution in [0, 0.1) is 5.92 Å². The molecule has 2 N–H and O–H groups in total. The molecule has 1 aromatic carbocycles. The number of para-hydroxylation sites is 1. The molecule has 2 aliphatic rings. The summed E-state index contributed by atoms with van der Waals surface area (Å²) in [4.78, 5) is 12.1. The highest BCUT2D eigenvalue weighted by Gasteiger charge is 2.28. The van der Waals surface area contributed by atoms with E-state index in [4.69, 9.17) is 0 Å². The first-order valence-corrected chi connectivity index (χ1v) is 6.45. The molecule has 1 atom stereocenters. The van der Waals surface area contributed by atoms with Crippen LogP contribution in [0.4, 0.5) is 5.69 Å². The molecule has 1 unspecified atom stereocenters. The van der Waals surface area contributed by atoms with Crippen molar-refractivity contribution in [2.75, 3.05) is 18.4 Å². The van der Waals surface area contributed by atoms with Crippen LogP contribution in [0.15, 0.2) is 24.3 Å². The van der Waals surface area contributed by atoms with Gasteiger partial charge < -0.3 is 10.6 Å².